The van der Waals surface area contributed by atoms with Gasteiger partial charge in [-0.05, 0) is 48.4 Å². The number of rotatable bonds is 6. The molecule has 27 heavy (non-hydrogen) atoms. The number of carbonyl (C=O) groups is 1. The van der Waals surface area contributed by atoms with Gasteiger partial charge in [-0.2, -0.15) is 5.10 Å². The molecule has 0 aliphatic rings. The number of carbonyl (C=O) groups excluding carboxylic acids is 1. The quantitative estimate of drug-likeness (QED) is 0.347. The van der Waals surface area contributed by atoms with Crippen LogP contribution in [0.15, 0.2) is 59.9 Å². The molecular weight excluding hydrogens is 369 g/mol. The largest absolute Gasteiger partial charge is 0.369 e. The topological polar surface area (TPSA) is 56.5 Å². The highest BCUT2D eigenvalue weighted by Crippen LogP contribution is 2.19. The first-order valence-corrected chi connectivity index (χ1v) is 8.79. The van der Waals surface area contributed by atoms with Crippen LogP contribution >= 0.6 is 11.6 Å². The molecule has 0 saturated heterocycles. The summed E-state index contributed by atoms with van der Waals surface area (Å²) in [7, 11) is 0. The molecule has 0 fully saturated rings. The summed E-state index contributed by atoms with van der Waals surface area (Å²) in [5.41, 5.74) is 2.51. The normalized spacial score (nSPS) is 11.1. The number of hydrogen-bond donors (Lipinski definition) is 0. The number of nitrogens with zero attached hydrogens (tertiary/aromatic N) is 3. The molecule has 1 aromatic heterocycles. The molecule has 0 amide bonds. The smallest absolute Gasteiger partial charge is 0.313 e. The molecular formula is C20H17ClFN3O2. The lowest BCUT2D eigenvalue weighted by atomic mass is 10.1. The molecule has 5 nitrogen and oxygen atoms in total. The molecule has 3 rings (SSSR count). The van der Waals surface area contributed by atoms with Gasteiger partial charge in [-0.1, -0.05) is 42.2 Å². The molecule has 0 aliphatic heterocycles. The zero-order valence-electron chi connectivity index (χ0n) is 14.6. The highest BCUT2D eigenvalue weighted by atomic mass is 35.5. The fourth-order valence-corrected chi connectivity index (χ4v) is 2.69. The van der Waals surface area contributed by atoms with Crippen LogP contribution < -0.4 is 0 Å². The minimum absolute atomic E-state index is 0.344. The molecule has 0 atom stereocenters. The fraction of sp³-hybridized carbons (Fsp3) is 0.150. The van der Waals surface area contributed by atoms with Crippen molar-refractivity contribution in [2.75, 3.05) is 0 Å². The van der Waals surface area contributed by atoms with E-state index in [0.717, 1.165) is 17.8 Å². The van der Waals surface area contributed by atoms with Gasteiger partial charge in [-0.3, -0.25) is 0 Å². The van der Waals surface area contributed by atoms with E-state index in [-0.39, 0.29) is 5.82 Å². The summed E-state index contributed by atoms with van der Waals surface area (Å²) < 4.78 is 14.6. The van der Waals surface area contributed by atoms with Crippen LogP contribution in [0.1, 0.15) is 35.0 Å². The minimum atomic E-state index is -0.600. The van der Waals surface area contributed by atoms with Crippen LogP contribution in [0, 0.1) is 5.82 Å². The summed E-state index contributed by atoms with van der Waals surface area (Å²) >= 11 is 5.93. The Labute approximate surface area is 161 Å². The summed E-state index contributed by atoms with van der Waals surface area (Å²) in [5, 5.41) is 8.62. The lowest BCUT2D eigenvalue weighted by molar-refractivity contribution is 0.0518. The summed E-state index contributed by atoms with van der Waals surface area (Å²) in [6.45, 7) is 2.01. The average molecular weight is 386 g/mol. The molecule has 0 spiro atoms. The fourth-order valence-electron chi connectivity index (χ4n) is 2.56. The zero-order valence-corrected chi connectivity index (χ0v) is 15.4. The van der Waals surface area contributed by atoms with Crippen LogP contribution in [0.2, 0.25) is 5.02 Å². The Balaban J connectivity index is 1.79. The number of halogens is 2. The van der Waals surface area contributed by atoms with Crippen molar-refractivity contribution in [2.24, 2.45) is 5.16 Å². The Bertz CT molecular complexity index is 950. The van der Waals surface area contributed by atoms with Crippen molar-refractivity contribution in [3.8, 4) is 5.69 Å². The van der Waals surface area contributed by atoms with Gasteiger partial charge in [-0.15, -0.1) is 0 Å². The second-order valence-electron chi connectivity index (χ2n) is 5.81. The Morgan fingerprint density at radius 2 is 1.93 bits per heavy atom. The summed E-state index contributed by atoms with van der Waals surface area (Å²) in [6.07, 6.45) is 4.29. The predicted octanol–water partition coefficient (Wildman–Crippen LogP) is 4.81. The van der Waals surface area contributed by atoms with Crippen molar-refractivity contribution in [2.45, 2.75) is 19.8 Å². The van der Waals surface area contributed by atoms with Crippen molar-refractivity contribution in [1.82, 2.24) is 9.78 Å². The Kier molecular flexibility index (Phi) is 5.98. The van der Waals surface area contributed by atoms with E-state index in [0.29, 0.717) is 22.6 Å². The van der Waals surface area contributed by atoms with Gasteiger partial charge in [0, 0.05) is 5.02 Å². The van der Waals surface area contributed by atoms with Gasteiger partial charge in [0.25, 0.3) is 0 Å². The first-order chi connectivity index (χ1) is 13.1. The van der Waals surface area contributed by atoms with E-state index in [4.69, 9.17) is 16.4 Å². The molecule has 0 bridgehead atoms. The first kappa shape index (κ1) is 18.8. The number of oxime groups is 1. The standard InChI is InChI=1S/C20H17ClFN3O2/c1-2-3-19-18(13-23-25(19)17-10-6-15(21)7-11-17)20(26)27-24-12-14-4-8-16(22)9-5-14/h4-13H,2-3H2,1H3. The van der Waals surface area contributed by atoms with E-state index in [9.17, 15) is 9.18 Å². The molecule has 0 saturated carbocycles. The predicted molar refractivity (Wildman–Crippen MR) is 102 cm³/mol. The minimum Gasteiger partial charge on any atom is -0.313 e. The molecule has 2 aromatic carbocycles. The van der Waals surface area contributed by atoms with E-state index in [1.807, 2.05) is 19.1 Å². The van der Waals surface area contributed by atoms with Crippen molar-refractivity contribution in [3.05, 3.63) is 82.4 Å². The van der Waals surface area contributed by atoms with E-state index in [1.54, 1.807) is 16.8 Å². The Morgan fingerprint density at radius 1 is 1.22 bits per heavy atom. The summed E-state index contributed by atoms with van der Waals surface area (Å²) in [5.74, 6) is -0.944. The van der Waals surface area contributed by atoms with Gasteiger partial charge in [0.2, 0.25) is 0 Å². The second kappa shape index (κ2) is 8.60. The maximum absolute atomic E-state index is 12.9. The monoisotopic (exact) mass is 385 g/mol. The number of aromatic nitrogens is 2. The van der Waals surface area contributed by atoms with Gasteiger partial charge < -0.3 is 4.84 Å². The van der Waals surface area contributed by atoms with Crippen LogP contribution in [0.25, 0.3) is 5.69 Å². The second-order valence-corrected chi connectivity index (χ2v) is 6.24. The van der Waals surface area contributed by atoms with Crippen molar-refractivity contribution < 1.29 is 14.0 Å². The summed E-state index contributed by atoms with van der Waals surface area (Å²) in [4.78, 5) is 17.4. The van der Waals surface area contributed by atoms with Crippen LogP contribution in [-0.2, 0) is 11.3 Å². The number of benzene rings is 2. The van der Waals surface area contributed by atoms with Gasteiger partial charge in [0.05, 0.1) is 23.8 Å². The zero-order chi connectivity index (χ0) is 19.2. The molecule has 138 valence electrons. The van der Waals surface area contributed by atoms with Crippen LogP contribution in [0.3, 0.4) is 0 Å². The van der Waals surface area contributed by atoms with E-state index in [2.05, 4.69) is 10.3 Å². The Morgan fingerprint density at radius 3 is 2.59 bits per heavy atom. The molecule has 7 heteroatoms. The molecule has 0 N–H and O–H groups in total. The van der Waals surface area contributed by atoms with Crippen molar-refractivity contribution >= 4 is 23.8 Å². The molecule has 1 heterocycles. The van der Waals surface area contributed by atoms with Crippen LogP contribution in [0.4, 0.5) is 4.39 Å². The van der Waals surface area contributed by atoms with Crippen LogP contribution in [0.5, 0.6) is 0 Å². The summed E-state index contributed by atoms with van der Waals surface area (Å²) in [6, 6.07) is 12.9. The van der Waals surface area contributed by atoms with Crippen molar-refractivity contribution in [3.63, 3.8) is 0 Å². The molecule has 3 aromatic rings. The first-order valence-electron chi connectivity index (χ1n) is 8.41. The van der Waals surface area contributed by atoms with E-state index < -0.39 is 5.97 Å². The maximum atomic E-state index is 12.9. The molecule has 0 radical (unpaired) electrons. The third-order valence-corrected chi connectivity index (χ3v) is 4.11. The average Bonchev–Trinajstić information content (AvgIpc) is 3.08. The lowest BCUT2D eigenvalue weighted by Gasteiger charge is -2.08. The van der Waals surface area contributed by atoms with E-state index >= 15 is 0 Å². The highest BCUT2D eigenvalue weighted by molar-refractivity contribution is 6.30. The molecule has 0 aliphatic carbocycles. The molecule has 0 unspecified atom stereocenters. The van der Waals surface area contributed by atoms with Crippen LogP contribution in [-0.4, -0.2) is 22.0 Å². The van der Waals surface area contributed by atoms with Gasteiger partial charge in [-0.25, -0.2) is 13.9 Å². The lowest BCUT2D eigenvalue weighted by Crippen LogP contribution is -2.08. The van der Waals surface area contributed by atoms with Crippen molar-refractivity contribution in [1.29, 1.82) is 0 Å². The number of hydrogen-bond acceptors (Lipinski definition) is 4. The SMILES string of the molecule is CCCc1c(C(=O)ON=Cc2ccc(F)cc2)cnn1-c1ccc(Cl)cc1. The van der Waals surface area contributed by atoms with E-state index in [1.165, 1.54) is 36.7 Å². The van der Waals surface area contributed by atoms with Gasteiger partial charge in [0.1, 0.15) is 11.4 Å². The van der Waals surface area contributed by atoms with Gasteiger partial charge in [0.15, 0.2) is 0 Å². The third kappa shape index (κ3) is 4.60. The maximum Gasteiger partial charge on any atom is 0.369 e. The van der Waals surface area contributed by atoms with Gasteiger partial charge >= 0.3 is 5.97 Å². The Hall–Kier alpha value is -2.99. The highest BCUT2D eigenvalue weighted by Gasteiger charge is 2.19. The third-order valence-electron chi connectivity index (χ3n) is 3.85.